The molecule has 0 bridgehead atoms. The van der Waals surface area contributed by atoms with Crippen molar-refractivity contribution in [3.8, 4) is 5.75 Å². The second-order valence-corrected chi connectivity index (χ2v) is 7.77. The Morgan fingerprint density at radius 1 is 1.06 bits per heavy atom. The maximum Gasteiger partial charge on any atom is 0.323 e. The zero-order valence-electron chi connectivity index (χ0n) is 17.5. The minimum absolute atomic E-state index is 0.0309. The van der Waals surface area contributed by atoms with Crippen LogP contribution in [0.2, 0.25) is 0 Å². The number of ether oxygens (including phenoxy) is 1. The van der Waals surface area contributed by atoms with Gasteiger partial charge in [-0.3, -0.25) is 14.5 Å². The number of amides is 1. The molecule has 0 aliphatic carbocycles. The van der Waals surface area contributed by atoms with Gasteiger partial charge in [0.15, 0.2) is 0 Å². The molecule has 0 aromatic heterocycles. The van der Waals surface area contributed by atoms with Gasteiger partial charge in [0.05, 0.1) is 12.2 Å². The molecule has 31 heavy (non-hydrogen) atoms. The lowest BCUT2D eigenvalue weighted by atomic mass is 10.0. The summed E-state index contributed by atoms with van der Waals surface area (Å²) < 4.78 is 5.27. The molecule has 6 heteroatoms. The first-order valence-corrected chi connectivity index (χ1v) is 10.5. The lowest BCUT2D eigenvalue weighted by molar-refractivity contribution is -0.148. The van der Waals surface area contributed by atoms with Gasteiger partial charge < -0.3 is 15.2 Å². The summed E-state index contributed by atoms with van der Waals surface area (Å²) in [5.41, 5.74) is 1.32. The molecule has 1 aliphatic rings. The first-order chi connectivity index (χ1) is 15.1. The number of phenolic OH excluding ortho intramolecular Hbond substituents is 1. The molecule has 2 atom stereocenters. The molecule has 4 rings (SSSR count). The Kier molecular flexibility index (Phi) is 6.18. The standard InChI is InChI=1S/C25H26N2O4/c1-2-31-25(30)22-14-19(16-27(22)15-17-8-4-3-5-9-17)26-24(29)21-13-12-18-10-6-7-11-20(18)23(21)28/h3-13,19,22,28H,2,14-16H2,1H3,(H,26,29). The van der Waals surface area contributed by atoms with E-state index in [2.05, 4.69) is 5.32 Å². The Morgan fingerprint density at radius 3 is 2.58 bits per heavy atom. The predicted octanol–water partition coefficient (Wildman–Crippen LogP) is 3.48. The van der Waals surface area contributed by atoms with Gasteiger partial charge in [-0.25, -0.2) is 0 Å². The summed E-state index contributed by atoms with van der Waals surface area (Å²) in [4.78, 5) is 27.5. The molecule has 0 radical (unpaired) electrons. The van der Waals surface area contributed by atoms with Gasteiger partial charge in [0.2, 0.25) is 0 Å². The molecule has 1 heterocycles. The topological polar surface area (TPSA) is 78.9 Å². The zero-order chi connectivity index (χ0) is 21.8. The van der Waals surface area contributed by atoms with E-state index in [9.17, 15) is 14.7 Å². The number of benzene rings is 3. The van der Waals surface area contributed by atoms with Crippen molar-refractivity contribution < 1.29 is 19.4 Å². The number of nitrogens with zero attached hydrogens (tertiary/aromatic N) is 1. The number of phenols is 1. The highest BCUT2D eigenvalue weighted by Crippen LogP contribution is 2.29. The number of hydrogen-bond acceptors (Lipinski definition) is 5. The Labute approximate surface area is 181 Å². The third-order valence-corrected chi connectivity index (χ3v) is 5.67. The van der Waals surface area contributed by atoms with Crippen molar-refractivity contribution in [2.45, 2.75) is 32.0 Å². The highest BCUT2D eigenvalue weighted by atomic mass is 16.5. The molecule has 1 fully saturated rings. The molecule has 3 aromatic rings. The Hall–Kier alpha value is -3.38. The van der Waals surface area contributed by atoms with E-state index in [1.165, 1.54) is 0 Å². The van der Waals surface area contributed by atoms with E-state index in [4.69, 9.17) is 4.74 Å². The van der Waals surface area contributed by atoms with Gasteiger partial charge >= 0.3 is 5.97 Å². The Balaban J connectivity index is 1.51. The molecule has 6 nitrogen and oxygen atoms in total. The van der Waals surface area contributed by atoms with Gasteiger partial charge in [0.25, 0.3) is 5.91 Å². The third kappa shape index (κ3) is 4.54. The molecule has 1 amide bonds. The molecular weight excluding hydrogens is 392 g/mol. The van der Waals surface area contributed by atoms with Crippen LogP contribution in [0.4, 0.5) is 0 Å². The summed E-state index contributed by atoms with van der Waals surface area (Å²) in [7, 11) is 0. The summed E-state index contributed by atoms with van der Waals surface area (Å²) >= 11 is 0. The quantitative estimate of drug-likeness (QED) is 0.599. The molecule has 0 spiro atoms. The summed E-state index contributed by atoms with van der Waals surface area (Å²) in [5, 5.41) is 15.1. The van der Waals surface area contributed by atoms with E-state index < -0.39 is 6.04 Å². The number of fused-ring (bicyclic) bond motifs is 1. The summed E-state index contributed by atoms with van der Waals surface area (Å²) in [6, 6.07) is 20.1. The van der Waals surface area contributed by atoms with E-state index in [0.717, 1.165) is 10.9 Å². The molecule has 2 N–H and O–H groups in total. The second kappa shape index (κ2) is 9.18. The minimum Gasteiger partial charge on any atom is -0.506 e. The average molecular weight is 418 g/mol. The molecule has 3 aromatic carbocycles. The van der Waals surface area contributed by atoms with Crippen LogP contribution >= 0.6 is 0 Å². The fourth-order valence-corrected chi connectivity index (χ4v) is 4.19. The Morgan fingerprint density at radius 2 is 1.81 bits per heavy atom. The number of nitrogens with one attached hydrogen (secondary N) is 1. The van der Waals surface area contributed by atoms with Gasteiger partial charge in [0.1, 0.15) is 11.8 Å². The highest BCUT2D eigenvalue weighted by molar-refractivity contribution is 6.03. The lowest BCUT2D eigenvalue weighted by Gasteiger charge is -2.22. The fraction of sp³-hybridized carbons (Fsp3) is 0.280. The molecule has 160 valence electrons. The Bertz CT molecular complexity index is 1080. The number of carbonyl (C=O) groups is 2. The summed E-state index contributed by atoms with van der Waals surface area (Å²) in [5.74, 6) is -0.655. The number of rotatable bonds is 6. The maximum absolute atomic E-state index is 12.9. The SMILES string of the molecule is CCOC(=O)C1CC(NC(=O)c2ccc3ccccc3c2O)CN1Cc1ccccc1. The average Bonchev–Trinajstić information content (AvgIpc) is 3.17. The van der Waals surface area contributed by atoms with Crippen LogP contribution in [-0.4, -0.2) is 47.1 Å². The number of aromatic hydroxyl groups is 1. The van der Waals surface area contributed by atoms with Gasteiger partial charge in [-0.2, -0.15) is 0 Å². The monoisotopic (exact) mass is 418 g/mol. The minimum atomic E-state index is -0.421. The van der Waals surface area contributed by atoms with Crippen LogP contribution in [0.5, 0.6) is 5.75 Å². The van der Waals surface area contributed by atoms with Crippen LogP contribution in [0.1, 0.15) is 29.3 Å². The van der Waals surface area contributed by atoms with Crippen LogP contribution in [0.25, 0.3) is 10.8 Å². The molecule has 1 aliphatic heterocycles. The van der Waals surface area contributed by atoms with Gasteiger partial charge in [-0.05, 0) is 30.4 Å². The van der Waals surface area contributed by atoms with Crippen molar-refractivity contribution in [2.75, 3.05) is 13.2 Å². The van der Waals surface area contributed by atoms with Gasteiger partial charge in [-0.15, -0.1) is 0 Å². The van der Waals surface area contributed by atoms with E-state index in [-0.39, 0.29) is 29.2 Å². The third-order valence-electron chi connectivity index (χ3n) is 5.67. The zero-order valence-corrected chi connectivity index (χ0v) is 17.5. The predicted molar refractivity (Wildman–Crippen MR) is 119 cm³/mol. The van der Waals surface area contributed by atoms with E-state index in [1.54, 1.807) is 19.1 Å². The van der Waals surface area contributed by atoms with Crippen molar-refractivity contribution in [1.82, 2.24) is 10.2 Å². The van der Waals surface area contributed by atoms with E-state index in [1.807, 2.05) is 59.5 Å². The molecule has 1 saturated heterocycles. The number of likely N-dealkylation sites (tertiary alicyclic amines) is 1. The number of hydrogen-bond donors (Lipinski definition) is 2. The van der Waals surface area contributed by atoms with Crippen LogP contribution in [0.15, 0.2) is 66.7 Å². The van der Waals surface area contributed by atoms with Crippen LogP contribution in [0.3, 0.4) is 0 Å². The smallest absolute Gasteiger partial charge is 0.323 e. The highest BCUT2D eigenvalue weighted by Gasteiger charge is 2.38. The fourth-order valence-electron chi connectivity index (χ4n) is 4.19. The molecule has 2 unspecified atom stereocenters. The molecule has 0 saturated carbocycles. The van der Waals surface area contributed by atoms with Crippen molar-refractivity contribution in [3.05, 3.63) is 77.9 Å². The summed E-state index contributed by atoms with van der Waals surface area (Å²) in [6.45, 7) is 3.23. The van der Waals surface area contributed by atoms with Crippen LogP contribution < -0.4 is 5.32 Å². The van der Waals surface area contributed by atoms with E-state index in [0.29, 0.717) is 31.5 Å². The summed E-state index contributed by atoms with van der Waals surface area (Å²) in [6.07, 6.45) is 0.464. The van der Waals surface area contributed by atoms with Gasteiger partial charge in [-0.1, -0.05) is 60.7 Å². The molecular formula is C25H26N2O4. The first-order valence-electron chi connectivity index (χ1n) is 10.5. The first kappa shape index (κ1) is 20.9. The normalized spacial score (nSPS) is 18.7. The van der Waals surface area contributed by atoms with Crippen molar-refractivity contribution in [1.29, 1.82) is 0 Å². The largest absolute Gasteiger partial charge is 0.506 e. The van der Waals surface area contributed by atoms with Crippen molar-refractivity contribution in [3.63, 3.8) is 0 Å². The van der Waals surface area contributed by atoms with Crippen LogP contribution in [0, 0.1) is 0 Å². The lowest BCUT2D eigenvalue weighted by Crippen LogP contribution is -2.38. The van der Waals surface area contributed by atoms with Crippen molar-refractivity contribution >= 4 is 22.6 Å². The van der Waals surface area contributed by atoms with Gasteiger partial charge in [0, 0.05) is 24.5 Å². The maximum atomic E-state index is 12.9. The number of carbonyl (C=O) groups excluding carboxylic acids is 2. The van der Waals surface area contributed by atoms with Crippen molar-refractivity contribution in [2.24, 2.45) is 0 Å². The van der Waals surface area contributed by atoms with E-state index >= 15 is 0 Å². The van der Waals surface area contributed by atoms with Crippen LogP contribution in [-0.2, 0) is 16.1 Å². The second-order valence-electron chi connectivity index (χ2n) is 7.77. The number of esters is 1.